The van der Waals surface area contributed by atoms with Gasteiger partial charge in [-0.05, 0) is 30.5 Å². The predicted octanol–water partition coefficient (Wildman–Crippen LogP) is 2.03. The molecule has 0 aliphatic heterocycles. The lowest BCUT2D eigenvalue weighted by atomic mass is 10.1. The van der Waals surface area contributed by atoms with Crippen LogP contribution in [0.15, 0.2) is 37.1 Å². The highest BCUT2D eigenvalue weighted by Crippen LogP contribution is 2.26. The Kier molecular flexibility index (Phi) is 8.74. The Hall–Kier alpha value is -3.67. The van der Waals surface area contributed by atoms with Crippen molar-refractivity contribution in [1.29, 1.82) is 0 Å². The first kappa shape index (κ1) is 25.6. The predicted molar refractivity (Wildman–Crippen MR) is 126 cm³/mol. The Morgan fingerprint density at radius 3 is 2.61 bits per heavy atom. The van der Waals surface area contributed by atoms with E-state index in [2.05, 4.69) is 46.3 Å². The van der Waals surface area contributed by atoms with Gasteiger partial charge in [-0.15, -0.1) is 6.58 Å². The molecule has 0 radical (unpaired) electrons. The van der Waals surface area contributed by atoms with Crippen LogP contribution < -0.4 is 25.9 Å². The topological polar surface area (TPSA) is 165 Å². The monoisotopic (exact) mass is 476 g/mol. The maximum Gasteiger partial charge on any atom is 0.306 e. The van der Waals surface area contributed by atoms with Crippen LogP contribution in [-0.4, -0.2) is 49.5 Å². The highest BCUT2D eigenvalue weighted by Gasteiger charge is 2.18. The molecule has 11 nitrogen and oxygen atoms in total. The molecule has 0 bridgehead atoms. The van der Waals surface area contributed by atoms with Crippen molar-refractivity contribution >= 4 is 39.4 Å². The van der Waals surface area contributed by atoms with Crippen molar-refractivity contribution in [1.82, 2.24) is 15.3 Å². The lowest BCUT2D eigenvalue weighted by Crippen LogP contribution is -2.24. The third-order valence-corrected chi connectivity index (χ3v) is 4.68. The smallest absolute Gasteiger partial charge is 0.306 e. The molecule has 0 aliphatic rings. The summed E-state index contributed by atoms with van der Waals surface area (Å²) in [6.45, 7) is 8.44. The van der Waals surface area contributed by atoms with Crippen LogP contribution in [0.5, 0.6) is 5.75 Å². The summed E-state index contributed by atoms with van der Waals surface area (Å²) >= 11 is 0. The van der Waals surface area contributed by atoms with E-state index < -0.39 is 21.9 Å². The summed E-state index contributed by atoms with van der Waals surface area (Å²) in [5, 5.41) is 8.59. The van der Waals surface area contributed by atoms with Gasteiger partial charge in [-0.1, -0.05) is 19.9 Å². The maximum atomic E-state index is 12.5. The van der Waals surface area contributed by atoms with Gasteiger partial charge in [0.05, 0.1) is 17.4 Å². The lowest BCUT2D eigenvalue weighted by molar-refractivity contribution is 0.0955. The molecule has 1 aromatic carbocycles. The first-order chi connectivity index (χ1) is 15.5. The Balaban J connectivity index is 2.35. The first-order valence-corrected chi connectivity index (χ1v) is 11.9. The average molecular weight is 477 g/mol. The number of hydrogen-bond donors (Lipinski definition) is 4. The van der Waals surface area contributed by atoms with Crippen molar-refractivity contribution in [3.8, 4) is 5.75 Å². The van der Waals surface area contributed by atoms with E-state index in [1.54, 1.807) is 0 Å². The third kappa shape index (κ3) is 8.07. The second-order valence-corrected chi connectivity index (χ2v) is 9.13. The first-order valence-electron chi connectivity index (χ1n) is 10.1. The molecule has 0 spiro atoms. The van der Waals surface area contributed by atoms with Crippen LogP contribution in [-0.2, 0) is 10.1 Å². The molecule has 12 heteroatoms. The van der Waals surface area contributed by atoms with E-state index >= 15 is 0 Å². The van der Waals surface area contributed by atoms with E-state index in [9.17, 15) is 18.0 Å². The third-order valence-electron chi connectivity index (χ3n) is 4.20. The van der Waals surface area contributed by atoms with Crippen molar-refractivity contribution in [2.24, 2.45) is 11.7 Å². The molecule has 0 saturated heterocycles. The molecule has 33 heavy (non-hydrogen) atoms. The summed E-state index contributed by atoms with van der Waals surface area (Å²) in [7, 11) is -3.86. The number of amides is 2. The Bertz CT molecular complexity index is 1130. The highest BCUT2D eigenvalue weighted by atomic mass is 32.2. The minimum atomic E-state index is -3.86. The second-order valence-electron chi connectivity index (χ2n) is 7.55. The average Bonchev–Trinajstić information content (AvgIpc) is 2.71. The normalized spacial score (nSPS) is 11.0. The fourth-order valence-corrected chi connectivity index (χ4v) is 3.12. The van der Waals surface area contributed by atoms with E-state index in [-0.39, 0.29) is 35.2 Å². The second kappa shape index (κ2) is 11.3. The summed E-state index contributed by atoms with van der Waals surface area (Å²) in [5.74, 6) is -0.490. The number of carbonyl (C=O) groups excluding carboxylic acids is 2. The SMILES string of the molecule is C=CCNC(=O)c1cc(Nc2ncc(C(N)=O)c(NCCC(C)C)n2)ccc1OS(C)(=O)=O. The van der Waals surface area contributed by atoms with Gasteiger partial charge in [0.15, 0.2) is 5.75 Å². The van der Waals surface area contributed by atoms with Gasteiger partial charge in [-0.3, -0.25) is 9.59 Å². The fourth-order valence-electron chi connectivity index (χ4n) is 2.65. The molecule has 1 aromatic heterocycles. The molecular formula is C21H28N6O5S. The molecule has 2 amide bonds. The number of nitrogens with one attached hydrogen (secondary N) is 3. The minimum Gasteiger partial charge on any atom is -0.382 e. The number of benzene rings is 1. The van der Waals surface area contributed by atoms with Gasteiger partial charge in [-0.2, -0.15) is 13.4 Å². The molecule has 0 saturated carbocycles. The number of aromatic nitrogens is 2. The zero-order valence-electron chi connectivity index (χ0n) is 18.7. The molecule has 5 N–H and O–H groups in total. The van der Waals surface area contributed by atoms with Crippen molar-refractivity contribution in [2.45, 2.75) is 20.3 Å². The van der Waals surface area contributed by atoms with Gasteiger partial charge in [-0.25, -0.2) is 4.98 Å². The Labute approximate surface area is 193 Å². The van der Waals surface area contributed by atoms with Crippen LogP contribution in [0, 0.1) is 5.92 Å². The molecule has 2 rings (SSSR count). The van der Waals surface area contributed by atoms with Gasteiger partial charge >= 0.3 is 10.1 Å². The van der Waals surface area contributed by atoms with E-state index in [0.717, 1.165) is 12.7 Å². The number of nitrogens with zero attached hydrogens (tertiary/aromatic N) is 2. The quantitative estimate of drug-likeness (QED) is 0.265. The molecule has 178 valence electrons. The number of primary amides is 1. The number of hydrogen-bond acceptors (Lipinski definition) is 9. The lowest BCUT2D eigenvalue weighted by Gasteiger charge is -2.14. The molecule has 2 aromatic rings. The maximum absolute atomic E-state index is 12.5. The summed E-state index contributed by atoms with van der Waals surface area (Å²) in [6.07, 6.45) is 4.52. The van der Waals surface area contributed by atoms with Gasteiger partial charge in [0.2, 0.25) is 5.95 Å². The van der Waals surface area contributed by atoms with Crippen LogP contribution >= 0.6 is 0 Å². The molecular weight excluding hydrogens is 448 g/mol. The number of carbonyl (C=O) groups is 2. The van der Waals surface area contributed by atoms with E-state index in [1.165, 1.54) is 30.5 Å². The van der Waals surface area contributed by atoms with Crippen LogP contribution in [0.1, 0.15) is 41.0 Å². The number of nitrogens with two attached hydrogens (primary N) is 1. The van der Waals surface area contributed by atoms with Crippen molar-refractivity contribution in [2.75, 3.05) is 30.0 Å². The fraction of sp³-hybridized carbons (Fsp3) is 0.333. The largest absolute Gasteiger partial charge is 0.382 e. The summed E-state index contributed by atoms with van der Waals surface area (Å²) < 4.78 is 28.1. The van der Waals surface area contributed by atoms with E-state index in [4.69, 9.17) is 9.92 Å². The van der Waals surface area contributed by atoms with Crippen molar-refractivity contribution in [3.63, 3.8) is 0 Å². The van der Waals surface area contributed by atoms with Gasteiger partial charge < -0.3 is 25.9 Å². The molecule has 0 atom stereocenters. The molecule has 1 heterocycles. The molecule has 0 aliphatic carbocycles. The number of rotatable bonds is 12. The van der Waals surface area contributed by atoms with Crippen molar-refractivity contribution in [3.05, 3.63) is 48.2 Å². The Morgan fingerprint density at radius 1 is 1.27 bits per heavy atom. The van der Waals surface area contributed by atoms with Crippen LogP contribution in [0.2, 0.25) is 0 Å². The number of anilines is 3. The van der Waals surface area contributed by atoms with Crippen LogP contribution in [0.3, 0.4) is 0 Å². The van der Waals surface area contributed by atoms with E-state index in [0.29, 0.717) is 18.2 Å². The van der Waals surface area contributed by atoms with Gasteiger partial charge in [0.25, 0.3) is 11.8 Å². The van der Waals surface area contributed by atoms with Gasteiger partial charge in [0, 0.05) is 25.0 Å². The molecule has 0 fully saturated rings. The van der Waals surface area contributed by atoms with Crippen molar-refractivity contribution < 1.29 is 22.2 Å². The standard InChI is InChI=1S/C21H28N6O5S/c1-5-9-24-20(29)15-11-14(6-7-17(15)32-33(4,30)31)26-21-25-12-16(18(22)28)19(27-21)23-10-8-13(2)3/h5-7,11-13H,1,8-10H2,2-4H3,(H2,22,28)(H,24,29)(H2,23,25,26,27). The Morgan fingerprint density at radius 2 is 2.00 bits per heavy atom. The minimum absolute atomic E-state index is 0.0173. The summed E-state index contributed by atoms with van der Waals surface area (Å²) in [4.78, 5) is 32.6. The zero-order chi connectivity index (χ0) is 24.6. The van der Waals surface area contributed by atoms with E-state index in [1.807, 2.05) is 0 Å². The van der Waals surface area contributed by atoms with Gasteiger partial charge in [0.1, 0.15) is 5.82 Å². The van der Waals surface area contributed by atoms with Crippen LogP contribution in [0.25, 0.3) is 0 Å². The zero-order valence-corrected chi connectivity index (χ0v) is 19.5. The summed E-state index contributed by atoms with van der Waals surface area (Å²) in [6, 6.07) is 4.24. The van der Waals surface area contributed by atoms with Crippen LogP contribution in [0.4, 0.5) is 17.5 Å². The highest BCUT2D eigenvalue weighted by molar-refractivity contribution is 7.86. The summed E-state index contributed by atoms with van der Waals surface area (Å²) in [5.41, 5.74) is 5.93. The molecule has 0 unspecified atom stereocenters.